The first-order chi connectivity index (χ1) is 13.6. The van der Waals surface area contributed by atoms with Crippen molar-refractivity contribution in [2.45, 2.75) is 56.9 Å². The predicted molar refractivity (Wildman–Crippen MR) is 116 cm³/mol. The number of aryl methyl sites for hydroxylation is 2. The molecule has 1 saturated carbocycles. The van der Waals surface area contributed by atoms with E-state index in [2.05, 4.69) is 10.3 Å². The van der Waals surface area contributed by atoms with Crippen LogP contribution in [0.5, 0.6) is 0 Å². The van der Waals surface area contributed by atoms with Gasteiger partial charge < -0.3 is 5.32 Å². The molecule has 1 amide bonds. The lowest BCUT2D eigenvalue weighted by molar-refractivity contribution is -0.113. The highest BCUT2D eigenvalue weighted by Crippen LogP contribution is 2.34. The number of anilines is 1. The second-order valence-corrected chi connectivity index (χ2v) is 9.40. The first-order valence-electron chi connectivity index (χ1n) is 9.73. The molecule has 0 spiro atoms. The first kappa shape index (κ1) is 19.3. The number of hydrogen-bond acceptors (Lipinski definition) is 6. The van der Waals surface area contributed by atoms with Gasteiger partial charge in [0.15, 0.2) is 5.13 Å². The van der Waals surface area contributed by atoms with Crippen molar-refractivity contribution < 1.29 is 4.79 Å². The van der Waals surface area contributed by atoms with E-state index in [-0.39, 0.29) is 5.91 Å². The van der Waals surface area contributed by atoms with Gasteiger partial charge in [-0.2, -0.15) is 0 Å². The van der Waals surface area contributed by atoms with Crippen LogP contribution in [0.3, 0.4) is 0 Å². The number of rotatable bonds is 5. The number of amides is 1. The highest BCUT2D eigenvalue weighted by molar-refractivity contribution is 8.00. The highest BCUT2D eigenvalue weighted by Gasteiger charge is 2.20. The molecule has 146 valence electrons. The zero-order chi connectivity index (χ0) is 19.5. The summed E-state index contributed by atoms with van der Waals surface area (Å²) in [5.41, 5.74) is 1.93. The molecule has 1 N–H and O–H groups in total. The van der Waals surface area contributed by atoms with Crippen molar-refractivity contribution in [1.29, 1.82) is 0 Å². The fraction of sp³-hybridized carbons (Fsp3) is 0.429. The Morgan fingerprint density at radius 3 is 2.68 bits per heavy atom. The Kier molecular flexibility index (Phi) is 5.92. The van der Waals surface area contributed by atoms with E-state index in [0.29, 0.717) is 16.8 Å². The average Bonchev–Trinajstić information content (AvgIpc) is 3.03. The van der Waals surface area contributed by atoms with Crippen LogP contribution >= 0.6 is 23.1 Å². The van der Waals surface area contributed by atoms with Crippen LogP contribution in [0.2, 0.25) is 0 Å². The molecule has 1 fully saturated rings. The summed E-state index contributed by atoms with van der Waals surface area (Å²) in [6.45, 7) is 3.97. The standard InChI is InChI=1S/C21H24N4OS2/c1-13-14(2)28-21(22-13)24-18(26)12-27-20-16-10-6-7-11-17(16)23-19(25-20)15-8-4-3-5-9-15/h6-7,10-11,15H,3-5,8-9,12H2,1-2H3,(H,22,24,26). The number of thiazole rings is 1. The van der Waals surface area contributed by atoms with Gasteiger partial charge in [0.2, 0.25) is 5.91 Å². The maximum atomic E-state index is 12.4. The van der Waals surface area contributed by atoms with Crippen LogP contribution in [0, 0.1) is 13.8 Å². The van der Waals surface area contributed by atoms with E-state index in [4.69, 9.17) is 9.97 Å². The van der Waals surface area contributed by atoms with E-state index in [1.54, 1.807) is 0 Å². The third kappa shape index (κ3) is 4.36. The summed E-state index contributed by atoms with van der Waals surface area (Å²) in [6, 6.07) is 8.08. The van der Waals surface area contributed by atoms with Crippen LogP contribution in [0.1, 0.15) is 54.4 Å². The van der Waals surface area contributed by atoms with Gasteiger partial charge in [-0.25, -0.2) is 15.0 Å². The van der Waals surface area contributed by atoms with E-state index >= 15 is 0 Å². The SMILES string of the molecule is Cc1nc(NC(=O)CSc2nc(C3CCCCC3)nc3ccccc23)sc1C. The minimum atomic E-state index is -0.0549. The Labute approximate surface area is 173 Å². The van der Waals surface area contributed by atoms with Crippen molar-refractivity contribution in [1.82, 2.24) is 15.0 Å². The number of carbonyl (C=O) groups is 1. The molecular formula is C21H24N4OS2. The van der Waals surface area contributed by atoms with Gasteiger partial charge in [-0.1, -0.05) is 49.2 Å². The van der Waals surface area contributed by atoms with E-state index in [1.165, 1.54) is 42.4 Å². The largest absolute Gasteiger partial charge is 0.301 e. The van der Waals surface area contributed by atoms with Gasteiger partial charge >= 0.3 is 0 Å². The van der Waals surface area contributed by atoms with Crippen molar-refractivity contribution in [3.8, 4) is 0 Å². The average molecular weight is 413 g/mol. The highest BCUT2D eigenvalue weighted by atomic mass is 32.2. The predicted octanol–water partition coefficient (Wildman–Crippen LogP) is 5.48. The molecule has 4 rings (SSSR count). The molecule has 2 heterocycles. The Morgan fingerprint density at radius 2 is 1.93 bits per heavy atom. The van der Waals surface area contributed by atoms with Gasteiger partial charge in [-0.05, 0) is 32.8 Å². The van der Waals surface area contributed by atoms with E-state index in [9.17, 15) is 4.79 Å². The lowest BCUT2D eigenvalue weighted by atomic mass is 9.88. The van der Waals surface area contributed by atoms with Crippen LogP contribution in [0.4, 0.5) is 5.13 Å². The van der Waals surface area contributed by atoms with Gasteiger partial charge in [0.05, 0.1) is 17.0 Å². The quantitative estimate of drug-likeness (QED) is 0.444. The second kappa shape index (κ2) is 8.57. The Bertz CT molecular complexity index is 976. The van der Waals surface area contributed by atoms with Crippen molar-refractivity contribution in [3.05, 3.63) is 40.7 Å². The zero-order valence-corrected chi connectivity index (χ0v) is 17.8. The van der Waals surface area contributed by atoms with Crippen molar-refractivity contribution in [2.75, 3.05) is 11.1 Å². The number of fused-ring (bicyclic) bond motifs is 1. The number of hydrogen-bond donors (Lipinski definition) is 1. The van der Waals surface area contributed by atoms with Gasteiger partial charge in [-0.15, -0.1) is 11.3 Å². The van der Waals surface area contributed by atoms with Crippen LogP contribution in [-0.2, 0) is 4.79 Å². The van der Waals surface area contributed by atoms with Crippen molar-refractivity contribution >= 4 is 45.0 Å². The molecule has 0 atom stereocenters. The zero-order valence-electron chi connectivity index (χ0n) is 16.2. The summed E-state index contributed by atoms with van der Waals surface area (Å²) < 4.78 is 0. The van der Waals surface area contributed by atoms with Crippen LogP contribution in [-0.4, -0.2) is 26.6 Å². The molecule has 7 heteroatoms. The Hall–Kier alpha value is -1.99. The molecule has 5 nitrogen and oxygen atoms in total. The molecule has 1 aliphatic rings. The normalized spacial score (nSPS) is 15.1. The molecular weight excluding hydrogens is 388 g/mol. The van der Waals surface area contributed by atoms with Crippen molar-refractivity contribution in [3.63, 3.8) is 0 Å². The van der Waals surface area contributed by atoms with Crippen LogP contribution in [0.15, 0.2) is 29.3 Å². The van der Waals surface area contributed by atoms with E-state index in [0.717, 1.165) is 45.2 Å². The van der Waals surface area contributed by atoms with E-state index < -0.39 is 0 Å². The number of carbonyl (C=O) groups excluding carboxylic acids is 1. The Morgan fingerprint density at radius 1 is 1.14 bits per heavy atom. The van der Waals surface area contributed by atoms with E-state index in [1.807, 2.05) is 38.1 Å². The first-order valence-corrected chi connectivity index (χ1v) is 11.5. The van der Waals surface area contributed by atoms with Crippen LogP contribution in [0.25, 0.3) is 10.9 Å². The molecule has 1 aromatic carbocycles. The molecule has 28 heavy (non-hydrogen) atoms. The topological polar surface area (TPSA) is 67.8 Å². The smallest absolute Gasteiger partial charge is 0.236 e. The fourth-order valence-electron chi connectivity index (χ4n) is 3.53. The monoisotopic (exact) mass is 412 g/mol. The second-order valence-electron chi connectivity index (χ2n) is 7.24. The minimum Gasteiger partial charge on any atom is -0.301 e. The summed E-state index contributed by atoms with van der Waals surface area (Å²) in [4.78, 5) is 27.6. The number of benzene rings is 1. The molecule has 0 saturated heterocycles. The lowest BCUT2D eigenvalue weighted by Crippen LogP contribution is -2.14. The lowest BCUT2D eigenvalue weighted by Gasteiger charge is -2.21. The molecule has 0 aliphatic heterocycles. The maximum Gasteiger partial charge on any atom is 0.236 e. The number of thioether (sulfide) groups is 1. The summed E-state index contributed by atoms with van der Waals surface area (Å²) in [6.07, 6.45) is 6.12. The molecule has 2 aromatic heterocycles. The maximum absolute atomic E-state index is 12.4. The summed E-state index contributed by atoms with van der Waals surface area (Å²) in [5.74, 6) is 1.63. The number of aromatic nitrogens is 3. The van der Waals surface area contributed by atoms with Crippen molar-refractivity contribution in [2.24, 2.45) is 0 Å². The number of para-hydroxylation sites is 1. The van der Waals surface area contributed by atoms with Gasteiger partial charge in [0.1, 0.15) is 10.9 Å². The molecule has 0 bridgehead atoms. The molecule has 3 aromatic rings. The summed E-state index contributed by atoms with van der Waals surface area (Å²) >= 11 is 2.99. The molecule has 0 radical (unpaired) electrons. The molecule has 1 aliphatic carbocycles. The minimum absolute atomic E-state index is 0.0549. The molecule has 0 unspecified atom stereocenters. The third-order valence-electron chi connectivity index (χ3n) is 5.17. The van der Waals surface area contributed by atoms with Gasteiger partial charge in [-0.3, -0.25) is 4.79 Å². The van der Waals surface area contributed by atoms with Crippen LogP contribution < -0.4 is 5.32 Å². The number of nitrogens with one attached hydrogen (secondary N) is 1. The third-order valence-corrected chi connectivity index (χ3v) is 7.15. The summed E-state index contributed by atoms with van der Waals surface area (Å²) in [7, 11) is 0. The van der Waals surface area contributed by atoms with Gasteiger partial charge in [0, 0.05) is 16.2 Å². The van der Waals surface area contributed by atoms with Gasteiger partial charge in [0.25, 0.3) is 0 Å². The summed E-state index contributed by atoms with van der Waals surface area (Å²) in [5, 5.41) is 5.48. The number of nitrogens with zero attached hydrogens (tertiary/aromatic N) is 3. The fourth-order valence-corrected chi connectivity index (χ4v) is 5.19. The Balaban J connectivity index is 1.52.